The number of aryl methyl sites for hydroxylation is 2. The lowest BCUT2D eigenvalue weighted by molar-refractivity contribution is -0.0725. The van der Waals surface area contributed by atoms with Gasteiger partial charge in [-0.25, -0.2) is 4.98 Å². The first-order chi connectivity index (χ1) is 8.60. The largest absolute Gasteiger partial charge is 0.368 e. The quantitative estimate of drug-likeness (QED) is 0.862. The van der Waals surface area contributed by atoms with E-state index in [1.165, 1.54) is 12.7 Å². The Bertz CT molecular complexity index is 519. The Morgan fingerprint density at radius 3 is 2.56 bits per heavy atom. The summed E-state index contributed by atoms with van der Waals surface area (Å²) in [5, 5.41) is 10.5. The van der Waals surface area contributed by atoms with Gasteiger partial charge in [-0.05, 0) is 13.8 Å². The van der Waals surface area contributed by atoms with Crippen LogP contribution in [0.1, 0.15) is 16.1 Å². The zero-order valence-electron chi connectivity index (χ0n) is 10.8. The normalized spacial score (nSPS) is 12.7. The van der Waals surface area contributed by atoms with Gasteiger partial charge in [0.2, 0.25) is 0 Å². The highest BCUT2D eigenvalue weighted by Crippen LogP contribution is 2.28. The van der Waals surface area contributed by atoms with Crippen molar-refractivity contribution in [3.8, 4) is 10.6 Å². The zero-order valence-corrected chi connectivity index (χ0v) is 11.6. The third-order valence-corrected chi connectivity index (χ3v) is 3.89. The molecule has 0 aliphatic heterocycles. The number of thiazole rings is 1. The SMILES string of the molecule is COC(O)Cc1nc(-c2ccc(C)cc2)sc1C. The van der Waals surface area contributed by atoms with Crippen molar-refractivity contribution in [2.45, 2.75) is 26.6 Å². The number of nitrogens with zero attached hydrogens (tertiary/aromatic N) is 1. The van der Waals surface area contributed by atoms with E-state index in [0.717, 1.165) is 21.1 Å². The van der Waals surface area contributed by atoms with Crippen molar-refractivity contribution in [3.63, 3.8) is 0 Å². The third-order valence-electron chi connectivity index (χ3n) is 2.83. The Balaban J connectivity index is 2.25. The zero-order chi connectivity index (χ0) is 13.1. The lowest BCUT2D eigenvalue weighted by Crippen LogP contribution is -2.13. The molecule has 18 heavy (non-hydrogen) atoms. The molecule has 0 amide bonds. The van der Waals surface area contributed by atoms with Gasteiger partial charge in [-0.1, -0.05) is 29.8 Å². The van der Waals surface area contributed by atoms with Gasteiger partial charge in [-0.3, -0.25) is 0 Å². The second kappa shape index (κ2) is 5.61. The van der Waals surface area contributed by atoms with Crippen molar-refractivity contribution < 1.29 is 9.84 Å². The minimum atomic E-state index is -0.781. The van der Waals surface area contributed by atoms with Gasteiger partial charge < -0.3 is 9.84 Å². The second-order valence-corrected chi connectivity index (χ2v) is 5.49. The van der Waals surface area contributed by atoms with E-state index in [0.29, 0.717) is 6.42 Å². The van der Waals surface area contributed by atoms with Crippen LogP contribution in [0.3, 0.4) is 0 Å². The summed E-state index contributed by atoms with van der Waals surface area (Å²) in [6.45, 7) is 4.09. The molecule has 3 nitrogen and oxygen atoms in total. The first kappa shape index (κ1) is 13.2. The first-order valence-electron chi connectivity index (χ1n) is 5.84. The van der Waals surface area contributed by atoms with Crippen LogP contribution in [0.25, 0.3) is 10.6 Å². The van der Waals surface area contributed by atoms with Gasteiger partial charge in [0.1, 0.15) is 5.01 Å². The average Bonchev–Trinajstić information content (AvgIpc) is 2.71. The molecule has 0 saturated heterocycles. The van der Waals surface area contributed by atoms with Crippen LogP contribution < -0.4 is 0 Å². The van der Waals surface area contributed by atoms with Crippen molar-refractivity contribution in [2.75, 3.05) is 7.11 Å². The molecule has 4 heteroatoms. The lowest BCUT2D eigenvalue weighted by atomic mass is 10.2. The molecule has 0 spiro atoms. The highest BCUT2D eigenvalue weighted by Gasteiger charge is 2.12. The molecule has 2 aromatic rings. The molecule has 0 radical (unpaired) electrons. The van der Waals surface area contributed by atoms with Gasteiger partial charge in [0, 0.05) is 24.0 Å². The fourth-order valence-electron chi connectivity index (χ4n) is 1.69. The van der Waals surface area contributed by atoms with Gasteiger partial charge in [0.15, 0.2) is 6.29 Å². The van der Waals surface area contributed by atoms with E-state index in [-0.39, 0.29) is 0 Å². The van der Waals surface area contributed by atoms with Crippen LogP contribution in [0.5, 0.6) is 0 Å². The molecule has 0 aliphatic carbocycles. The predicted octanol–water partition coefficient (Wildman–Crippen LogP) is 2.93. The van der Waals surface area contributed by atoms with E-state index in [2.05, 4.69) is 36.2 Å². The molecule has 1 unspecified atom stereocenters. The van der Waals surface area contributed by atoms with E-state index in [9.17, 15) is 5.11 Å². The maximum atomic E-state index is 9.49. The highest BCUT2D eigenvalue weighted by molar-refractivity contribution is 7.15. The first-order valence-corrected chi connectivity index (χ1v) is 6.66. The molecular weight excluding hydrogens is 246 g/mol. The van der Waals surface area contributed by atoms with Crippen LogP contribution in [0, 0.1) is 13.8 Å². The van der Waals surface area contributed by atoms with Crippen LogP contribution in [0.15, 0.2) is 24.3 Å². The van der Waals surface area contributed by atoms with Crippen molar-refractivity contribution in [3.05, 3.63) is 40.4 Å². The Labute approximate surface area is 111 Å². The minimum absolute atomic E-state index is 0.435. The lowest BCUT2D eigenvalue weighted by Gasteiger charge is -2.05. The Kier molecular flexibility index (Phi) is 4.11. The number of aliphatic hydroxyl groups is 1. The van der Waals surface area contributed by atoms with Crippen LogP contribution >= 0.6 is 11.3 Å². The number of benzene rings is 1. The number of ether oxygens (including phenoxy) is 1. The number of hydrogen-bond donors (Lipinski definition) is 1. The van der Waals surface area contributed by atoms with Gasteiger partial charge in [0.05, 0.1) is 5.69 Å². The van der Waals surface area contributed by atoms with Gasteiger partial charge in [0.25, 0.3) is 0 Å². The van der Waals surface area contributed by atoms with Crippen LogP contribution in [0.4, 0.5) is 0 Å². The van der Waals surface area contributed by atoms with Crippen molar-refractivity contribution in [1.29, 1.82) is 0 Å². The molecule has 1 aromatic carbocycles. The number of aliphatic hydroxyl groups excluding tert-OH is 1. The second-order valence-electron chi connectivity index (χ2n) is 4.28. The topological polar surface area (TPSA) is 42.4 Å². The summed E-state index contributed by atoms with van der Waals surface area (Å²) >= 11 is 1.65. The smallest absolute Gasteiger partial charge is 0.159 e. The molecule has 0 saturated carbocycles. The molecular formula is C14H17NO2S. The fraction of sp³-hybridized carbons (Fsp3) is 0.357. The third kappa shape index (κ3) is 2.96. The fourth-order valence-corrected chi connectivity index (χ4v) is 2.63. The molecule has 1 aromatic heterocycles. The standard InChI is InChI=1S/C14H17NO2S/c1-9-4-6-11(7-5-9)14-15-12(10(2)18-14)8-13(16)17-3/h4-7,13,16H,8H2,1-3H3. The van der Waals surface area contributed by atoms with E-state index < -0.39 is 6.29 Å². The van der Waals surface area contributed by atoms with Crippen molar-refractivity contribution in [1.82, 2.24) is 4.98 Å². The molecule has 0 fully saturated rings. The van der Waals surface area contributed by atoms with Crippen LogP contribution in [0.2, 0.25) is 0 Å². The summed E-state index contributed by atoms with van der Waals surface area (Å²) < 4.78 is 4.86. The molecule has 1 heterocycles. The number of aromatic nitrogens is 1. The number of rotatable bonds is 4. The molecule has 0 aliphatic rings. The summed E-state index contributed by atoms with van der Waals surface area (Å²) in [5.74, 6) is 0. The van der Waals surface area contributed by atoms with E-state index in [1.54, 1.807) is 11.3 Å². The van der Waals surface area contributed by atoms with Crippen molar-refractivity contribution in [2.24, 2.45) is 0 Å². The van der Waals surface area contributed by atoms with E-state index >= 15 is 0 Å². The van der Waals surface area contributed by atoms with Crippen LogP contribution in [-0.2, 0) is 11.2 Å². The summed E-state index contributed by atoms with van der Waals surface area (Å²) in [7, 11) is 1.49. The van der Waals surface area contributed by atoms with Crippen molar-refractivity contribution >= 4 is 11.3 Å². The molecule has 2 rings (SSSR count). The van der Waals surface area contributed by atoms with E-state index in [4.69, 9.17) is 4.74 Å². The number of methoxy groups -OCH3 is 1. The maximum absolute atomic E-state index is 9.49. The maximum Gasteiger partial charge on any atom is 0.159 e. The predicted molar refractivity (Wildman–Crippen MR) is 73.7 cm³/mol. The summed E-state index contributed by atoms with van der Waals surface area (Å²) in [6.07, 6.45) is -0.346. The Morgan fingerprint density at radius 2 is 1.94 bits per heavy atom. The molecule has 0 bridgehead atoms. The molecule has 1 atom stereocenters. The monoisotopic (exact) mass is 263 g/mol. The van der Waals surface area contributed by atoms with E-state index in [1.807, 2.05) is 6.92 Å². The van der Waals surface area contributed by atoms with Gasteiger partial charge in [-0.15, -0.1) is 11.3 Å². The minimum Gasteiger partial charge on any atom is -0.368 e. The Hall–Kier alpha value is -1.23. The average molecular weight is 263 g/mol. The van der Waals surface area contributed by atoms with Gasteiger partial charge >= 0.3 is 0 Å². The Morgan fingerprint density at radius 1 is 1.28 bits per heavy atom. The highest BCUT2D eigenvalue weighted by atomic mass is 32.1. The van der Waals surface area contributed by atoms with Crippen LogP contribution in [-0.4, -0.2) is 23.5 Å². The molecule has 96 valence electrons. The number of hydrogen-bond acceptors (Lipinski definition) is 4. The molecule has 1 N–H and O–H groups in total. The summed E-state index contributed by atoms with van der Waals surface area (Å²) in [6, 6.07) is 8.31. The summed E-state index contributed by atoms with van der Waals surface area (Å²) in [4.78, 5) is 5.70. The summed E-state index contributed by atoms with van der Waals surface area (Å²) in [5.41, 5.74) is 3.26. The van der Waals surface area contributed by atoms with Gasteiger partial charge in [-0.2, -0.15) is 0 Å².